The fourth-order valence-electron chi connectivity index (χ4n) is 2.37. The number of nitrogens with one attached hydrogen (secondary N) is 1. The maximum atomic E-state index is 12.1. The van der Waals surface area contributed by atoms with E-state index >= 15 is 0 Å². The second-order valence-corrected chi connectivity index (χ2v) is 6.31. The first kappa shape index (κ1) is 14.5. The zero-order chi connectivity index (χ0) is 14.8. The first-order chi connectivity index (χ1) is 10.1. The molecular weight excluding hydrogens is 350 g/mol. The molecule has 0 aromatic heterocycles. The van der Waals surface area contributed by atoms with Gasteiger partial charge in [0.2, 0.25) is 0 Å². The van der Waals surface area contributed by atoms with Crippen LogP contribution in [-0.4, -0.2) is 12.5 Å². The monoisotopic (exact) mass is 363 g/mol. The maximum absolute atomic E-state index is 12.1. The topological polar surface area (TPSA) is 38.3 Å². The molecule has 1 aliphatic heterocycles. The average Bonchev–Trinajstić information content (AvgIpc) is 2.93. The predicted octanol–water partition coefficient (Wildman–Crippen LogP) is 3.60. The highest BCUT2D eigenvalue weighted by molar-refractivity contribution is 9.10. The number of ether oxygens (including phenoxy) is 1. The predicted molar refractivity (Wildman–Crippen MR) is 88.2 cm³/mol. The highest BCUT2D eigenvalue weighted by Gasteiger charge is 2.18. The lowest BCUT2D eigenvalue weighted by molar-refractivity contribution is 0.0950. The lowest BCUT2D eigenvalue weighted by Gasteiger charge is -2.10. The van der Waals surface area contributed by atoms with E-state index in [2.05, 4.69) is 39.9 Å². The maximum Gasteiger partial charge on any atom is 0.251 e. The Bertz CT molecular complexity index is 685. The molecule has 3 nitrogen and oxygen atoms in total. The number of amides is 1. The van der Waals surface area contributed by atoms with Crippen molar-refractivity contribution in [2.24, 2.45) is 0 Å². The van der Waals surface area contributed by atoms with Gasteiger partial charge in [0.05, 0.1) is 6.61 Å². The molecule has 0 bridgehead atoms. The van der Waals surface area contributed by atoms with Crippen LogP contribution in [0.15, 0.2) is 45.8 Å². The molecule has 0 saturated heterocycles. The van der Waals surface area contributed by atoms with E-state index in [4.69, 9.17) is 4.74 Å². The number of benzene rings is 2. The van der Waals surface area contributed by atoms with Crippen LogP contribution in [-0.2, 0) is 13.0 Å². The summed E-state index contributed by atoms with van der Waals surface area (Å²) < 4.78 is 6.67. The third-order valence-corrected chi connectivity index (χ3v) is 4.15. The summed E-state index contributed by atoms with van der Waals surface area (Å²) in [7, 11) is 0. The summed E-state index contributed by atoms with van der Waals surface area (Å²) in [5, 5.41) is 2.93. The number of rotatable bonds is 3. The van der Waals surface area contributed by atoms with Crippen LogP contribution in [0.1, 0.15) is 21.5 Å². The second kappa shape index (κ2) is 6.12. The highest BCUT2D eigenvalue weighted by atomic mass is 79.9. The summed E-state index contributed by atoms with van der Waals surface area (Å²) in [5.41, 5.74) is 2.81. The van der Waals surface area contributed by atoms with Crippen molar-refractivity contribution in [3.05, 3.63) is 57.6 Å². The van der Waals surface area contributed by atoms with E-state index in [-0.39, 0.29) is 5.91 Å². The van der Waals surface area contributed by atoms with Gasteiger partial charge in [-0.3, -0.25) is 4.79 Å². The Morgan fingerprint density at radius 2 is 2.05 bits per heavy atom. The lowest BCUT2D eigenvalue weighted by atomic mass is 10.1. The molecule has 2 aromatic carbocycles. The number of carbonyl (C=O) groups excluding carboxylic acids is 1. The molecule has 2 aromatic rings. The zero-order valence-corrected chi connectivity index (χ0v) is 13.7. The van der Waals surface area contributed by atoms with Crippen LogP contribution in [0, 0.1) is 0 Å². The van der Waals surface area contributed by atoms with Gasteiger partial charge in [-0.05, 0) is 42.0 Å². The Kier molecular flexibility index (Phi) is 4.22. The molecular formula is C16H14BrNO2S. The first-order valence-electron chi connectivity index (χ1n) is 6.65. The zero-order valence-electron chi connectivity index (χ0n) is 11.2. The van der Waals surface area contributed by atoms with Crippen molar-refractivity contribution < 1.29 is 9.53 Å². The van der Waals surface area contributed by atoms with Crippen molar-refractivity contribution in [1.82, 2.24) is 5.32 Å². The Morgan fingerprint density at radius 1 is 1.29 bits per heavy atom. The van der Waals surface area contributed by atoms with Crippen LogP contribution in [0.2, 0.25) is 0 Å². The van der Waals surface area contributed by atoms with Gasteiger partial charge in [-0.15, -0.1) is 12.6 Å². The quantitative estimate of drug-likeness (QED) is 0.817. The fraction of sp³-hybridized carbons (Fsp3) is 0.188. The minimum atomic E-state index is -0.102. The Morgan fingerprint density at radius 3 is 2.81 bits per heavy atom. The average molecular weight is 364 g/mol. The molecule has 21 heavy (non-hydrogen) atoms. The molecule has 0 fully saturated rings. The second-order valence-electron chi connectivity index (χ2n) is 4.88. The standard InChI is InChI=1S/C16H14BrNO2S/c17-13-7-11-5-6-20-15(11)12(8-13)9-18-16(19)10-1-3-14(21)4-2-10/h1-4,7-8,21H,5-6,9H2,(H,18,19). The van der Waals surface area contributed by atoms with Gasteiger partial charge < -0.3 is 10.1 Å². The van der Waals surface area contributed by atoms with Crippen LogP contribution in [0.3, 0.4) is 0 Å². The van der Waals surface area contributed by atoms with Gasteiger partial charge in [0.25, 0.3) is 5.91 Å². The fourth-order valence-corrected chi connectivity index (χ4v) is 3.07. The number of fused-ring (bicyclic) bond motifs is 1. The smallest absolute Gasteiger partial charge is 0.251 e. The van der Waals surface area contributed by atoms with Crippen LogP contribution in [0.25, 0.3) is 0 Å². The normalized spacial score (nSPS) is 12.7. The Balaban J connectivity index is 1.73. The number of hydrogen-bond donors (Lipinski definition) is 2. The number of thiol groups is 1. The van der Waals surface area contributed by atoms with Gasteiger partial charge in [-0.25, -0.2) is 0 Å². The Labute approximate surface area is 137 Å². The van der Waals surface area contributed by atoms with Gasteiger partial charge in [0, 0.05) is 33.5 Å². The van der Waals surface area contributed by atoms with Crippen molar-refractivity contribution >= 4 is 34.5 Å². The molecule has 3 rings (SSSR count). The van der Waals surface area contributed by atoms with Crippen LogP contribution in [0.4, 0.5) is 0 Å². The van der Waals surface area contributed by atoms with E-state index in [0.29, 0.717) is 18.7 Å². The van der Waals surface area contributed by atoms with Crippen molar-refractivity contribution in [3.8, 4) is 5.75 Å². The van der Waals surface area contributed by atoms with E-state index in [0.717, 1.165) is 27.1 Å². The van der Waals surface area contributed by atoms with Gasteiger partial charge in [-0.2, -0.15) is 0 Å². The van der Waals surface area contributed by atoms with E-state index in [1.165, 1.54) is 5.56 Å². The molecule has 108 valence electrons. The number of carbonyl (C=O) groups is 1. The van der Waals surface area contributed by atoms with E-state index < -0.39 is 0 Å². The summed E-state index contributed by atoms with van der Waals surface area (Å²) in [6.45, 7) is 1.15. The molecule has 0 unspecified atom stereocenters. The number of hydrogen-bond acceptors (Lipinski definition) is 3. The SMILES string of the molecule is O=C(NCc1cc(Br)cc2c1OCC2)c1ccc(S)cc1. The minimum Gasteiger partial charge on any atom is -0.493 e. The molecule has 5 heteroatoms. The number of halogens is 1. The molecule has 0 atom stereocenters. The summed E-state index contributed by atoms with van der Waals surface area (Å²) in [6, 6.07) is 11.2. The van der Waals surface area contributed by atoms with Crippen molar-refractivity contribution in [3.63, 3.8) is 0 Å². The van der Waals surface area contributed by atoms with Crippen molar-refractivity contribution in [2.75, 3.05) is 6.61 Å². The molecule has 1 aliphatic rings. The third-order valence-electron chi connectivity index (χ3n) is 3.39. The minimum absolute atomic E-state index is 0.102. The molecule has 0 aliphatic carbocycles. The summed E-state index contributed by atoms with van der Waals surface area (Å²) in [5.74, 6) is 0.805. The Hall–Kier alpha value is -1.46. The molecule has 1 heterocycles. The van der Waals surface area contributed by atoms with E-state index in [9.17, 15) is 4.79 Å². The first-order valence-corrected chi connectivity index (χ1v) is 7.89. The summed E-state index contributed by atoms with van der Waals surface area (Å²) in [4.78, 5) is 13.0. The molecule has 0 saturated carbocycles. The molecule has 0 spiro atoms. The van der Waals surface area contributed by atoms with Gasteiger partial charge in [-0.1, -0.05) is 15.9 Å². The van der Waals surface area contributed by atoms with E-state index in [1.807, 2.05) is 6.07 Å². The van der Waals surface area contributed by atoms with Crippen LogP contribution < -0.4 is 10.1 Å². The van der Waals surface area contributed by atoms with Gasteiger partial charge in [0.1, 0.15) is 5.75 Å². The van der Waals surface area contributed by atoms with Crippen molar-refractivity contribution in [1.29, 1.82) is 0 Å². The molecule has 0 radical (unpaired) electrons. The van der Waals surface area contributed by atoms with Crippen molar-refractivity contribution in [2.45, 2.75) is 17.9 Å². The lowest BCUT2D eigenvalue weighted by Crippen LogP contribution is -2.23. The molecule has 1 N–H and O–H groups in total. The van der Waals surface area contributed by atoms with Crippen LogP contribution >= 0.6 is 28.6 Å². The largest absolute Gasteiger partial charge is 0.493 e. The van der Waals surface area contributed by atoms with E-state index in [1.54, 1.807) is 24.3 Å². The summed E-state index contributed by atoms with van der Waals surface area (Å²) in [6.07, 6.45) is 0.916. The summed E-state index contributed by atoms with van der Waals surface area (Å²) >= 11 is 7.71. The van der Waals surface area contributed by atoms with Crippen LogP contribution in [0.5, 0.6) is 5.75 Å². The third kappa shape index (κ3) is 3.24. The molecule has 1 amide bonds. The highest BCUT2D eigenvalue weighted by Crippen LogP contribution is 2.32. The van der Waals surface area contributed by atoms with Gasteiger partial charge in [0.15, 0.2) is 0 Å². The van der Waals surface area contributed by atoms with Gasteiger partial charge >= 0.3 is 0 Å².